The Hall–Kier alpha value is -7.57. The minimum atomic E-state index is -4.86. The van der Waals surface area contributed by atoms with E-state index in [1.165, 1.54) is 53.6 Å². The monoisotopic (exact) mass is 840 g/mol. The summed E-state index contributed by atoms with van der Waals surface area (Å²) in [6.45, 7) is 1.79. The van der Waals surface area contributed by atoms with E-state index in [9.17, 15) is 36.3 Å². The number of nitrogens with two attached hydrogens (primary N) is 1. The second-order valence-corrected chi connectivity index (χ2v) is 14.0. The van der Waals surface area contributed by atoms with Gasteiger partial charge in [-0.2, -0.15) is 13.2 Å². The van der Waals surface area contributed by atoms with E-state index in [0.29, 0.717) is 54.6 Å². The van der Waals surface area contributed by atoms with E-state index >= 15 is 0 Å². The number of para-hydroxylation sites is 2. The molecule has 314 valence electrons. The van der Waals surface area contributed by atoms with Crippen LogP contribution in [0.25, 0.3) is 11.5 Å². The predicted octanol–water partition coefficient (Wildman–Crippen LogP) is 7.78. The van der Waals surface area contributed by atoms with Gasteiger partial charge in [-0.25, -0.2) is 33.3 Å². The van der Waals surface area contributed by atoms with Crippen LogP contribution in [0.15, 0.2) is 120 Å². The number of aromatic nitrogens is 3. The third kappa shape index (κ3) is 10.5. The van der Waals surface area contributed by atoms with Gasteiger partial charge in [-0.05, 0) is 60.2 Å². The zero-order valence-electron chi connectivity index (χ0n) is 32.0. The number of hydrogen-bond acceptors (Lipinski definition) is 10. The maximum absolute atomic E-state index is 13.7. The maximum Gasteiger partial charge on any atom is 0.437 e. The van der Waals surface area contributed by atoms with Gasteiger partial charge in [0.1, 0.15) is 23.3 Å². The van der Waals surface area contributed by atoms with Crippen LogP contribution in [0, 0.1) is 11.6 Å². The summed E-state index contributed by atoms with van der Waals surface area (Å²) in [5, 5.41) is 11.4. The number of Topliss-reactive ketones (excluding diaryl/α,β-unsaturated/α-hetero) is 1. The molecule has 6 aromatic rings. The van der Waals surface area contributed by atoms with Crippen LogP contribution in [-0.4, -0.2) is 80.9 Å². The zero-order valence-corrected chi connectivity index (χ0v) is 32.0. The molecule has 3 aromatic carbocycles. The molecule has 0 atom stereocenters. The summed E-state index contributed by atoms with van der Waals surface area (Å²) in [5.74, 6) is -1.82. The van der Waals surface area contributed by atoms with Gasteiger partial charge in [0, 0.05) is 44.4 Å². The van der Waals surface area contributed by atoms with E-state index in [0.717, 1.165) is 0 Å². The van der Waals surface area contributed by atoms with Crippen LogP contribution >= 0.6 is 0 Å². The number of carbonyl (C=O) groups is 3. The van der Waals surface area contributed by atoms with Crippen molar-refractivity contribution in [3.8, 4) is 11.5 Å². The highest BCUT2D eigenvalue weighted by atomic mass is 19.4. The van der Waals surface area contributed by atoms with Crippen LogP contribution in [0.4, 0.5) is 60.2 Å². The molecule has 8 rings (SSSR count). The molecular formula is C42H37F5N10O4. The first-order valence-corrected chi connectivity index (χ1v) is 18.8. The number of alkyl halides is 3. The summed E-state index contributed by atoms with van der Waals surface area (Å²) in [5.41, 5.74) is 5.78. The van der Waals surface area contributed by atoms with E-state index in [4.69, 9.17) is 10.2 Å². The second-order valence-electron chi connectivity index (χ2n) is 14.0. The number of halogens is 5. The van der Waals surface area contributed by atoms with Crippen molar-refractivity contribution < 1.29 is 40.8 Å². The average molecular weight is 841 g/mol. The van der Waals surface area contributed by atoms with E-state index < -0.39 is 41.1 Å². The highest BCUT2D eigenvalue weighted by molar-refractivity contribution is 5.96. The molecule has 2 aliphatic heterocycles. The molecule has 0 bridgehead atoms. The van der Waals surface area contributed by atoms with E-state index in [-0.39, 0.29) is 41.8 Å². The van der Waals surface area contributed by atoms with Crippen LogP contribution < -0.4 is 27.0 Å². The standard InChI is InChI=1S/C27H21F4N5O3.C15H16FN5O/c28-19-8-4-5-9-20(19)34-26(38)36-14-18(15-36)33-22-11-10-16(13-32-22)12-21(37)23-24(27(29,30)31)35-25(39-23)17-6-2-1-3-7-17;16-12-3-1-2-4-13(12)20-15(22)21-8-11(9-21)19-14-6-5-10(17)7-18-14/h1-11,13,18H,12,14-15H2,(H,32,33)(H,34,38);1-7,11H,8-9,17H2,(H,18,19)(H,20,22). The second kappa shape index (κ2) is 18.1. The third-order valence-corrected chi connectivity index (χ3v) is 9.42. The Morgan fingerprint density at radius 1 is 0.689 bits per heavy atom. The van der Waals surface area contributed by atoms with Crippen molar-refractivity contribution in [3.63, 3.8) is 0 Å². The lowest BCUT2D eigenvalue weighted by molar-refractivity contribution is -0.141. The van der Waals surface area contributed by atoms with Gasteiger partial charge in [0.2, 0.25) is 17.4 Å². The van der Waals surface area contributed by atoms with Gasteiger partial charge in [-0.15, -0.1) is 0 Å². The molecule has 6 N–H and O–H groups in total. The highest BCUT2D eigenvalue weighted by Gasteiger charge is 2.41. The molecule has 19 heteroatoms. The number of anilines is 5. The van der Waals surface area contributed by atoms with Crippen molar-refractivity contribution in [1.29, 1.82) is 0 Å². The maximum atomic E-state index is 13.7. The molecule has 14 nitrogen and oxygen atoms in total. The lowest BCUT2D eigenvalue weighted by Crippen LogP contribution is -2.58. The summed E-state index contributed by atoms with van der Waals surface area (Å²) >= 11 is 0. The van der Waals surface area contributed by atoms with Gasteiger partial charge in [0.05, 0.1) is 35.3 Å². The number of pyridine rings is 2. The molecule has 2 saturated heterocycles. The molecule has 2 aliphatic rings. The first kappa shape index (κ1) is 41.6. The number of hydrogen-bond donors (Lipinski definition) is 5. The van der Waals surface area contributed by atoms with Gasteiger partial charge >= 0.3 is 18.2 Å². The summed E-state index contributed by atoms with van der Waals surface area (Å²) in [6, 6.07) is 25.9. The number of nitrogens with zero attached hydrogens (tertiary/aromatic N) is 5. The fourth-order valence-corrected chi connectivity index (χ4v) is 6.18. The largest absolute Gasteiger partial charge is 0.437 e. The van der Waals surface area contributed by atoms with Crippen LogP contribution in [-0.2, 0) is 12.6 Å². The summed E-state index contributed by atoms with van der Waals surface area (Å²) < 4.78 is 73.1. The number of ketones is 1. The van der Waals surface area contributed by atoms with Crippen LogP contribution in [0.5, 0.6) is 0 Å². The van der Waals surface area contributed by atoms with Gasteiger partial charge in [0.25, 0.3) is 0 Å². The first-order chi connectivity index (χ1) is 29.3. The van der Waals surface area contributed by atoms with Crippen molar-refractivity contribution in [1.82, 2.24) is 24.8 Å². The predicted molar refractivity (Wildman–Crippen MR) is 217 cm³/mol. The first-order valence-electron chi connectivity index (χ1n) is 18.8. The Morgan fingerprint density at radius 2 is 1.20 bits per heavy atom. The Morgan fingerprint density at radius 3 is 1.67 bits per heavy atom. The summed E-state index contributed by atoms with van der Waals surface area (Å²) in [6.07, 6.45) is -2.28. The van der Waals surface area contributed by atoms with Crippen LogP contribution in [0.3, 0.4) is 0 Å². The zero-order chi connectivity index (χ0) is 43.1. The van der Waals surface area contributed by atoms with Crippen molar-refractivity contribution >= 4 is 46.5 Å². The van der Waals surface area contributed by atoms with E-state index in [1.807, 2.05) is 0 Å². The van der Waals surface area contributed by atoms with E-state index in [2.05, 4.69) is 36.2 Å². The molecule has 0 unspecified atom stereocenters. The number of urea groups is 2. The van der Waals surface area contributed by atoms with Crippen molar-refractivity contribution in [3.05, 3.63) is 144 Å². The average Bonchev–Trinajstić information content (AvgIpc) is 3.68. The van der Waals surface area contributed by atoms with Crippen molar-refractivity contribution in [2.75, 3.05) is 53.2 Å². The fourth-order valence-electron chi connectivity index (χ4n) is 6.18. The van der Waals surface area contributed by atoms with Gasteiger partial charge in [-0.1, -0.05) is 48.5 Å². The quantitative estimate of drug-likeness (QED) is 0.0675. The summed E-state index contributed by atoms with van der Waals surface area (Å²) in [7, 11) is 0. The number of amides is 4. The molecular weight excluding hydrogens is 804 g/mol. The van der Waals surface area contributed by atoms with Crippen LogP contribution in [0.1, 0.15) is 21.8 Å². The summed E-state index contributed by atoms with van der Waals surface area (Å²) in [4.78, 5) is 52.0. The molecule has 0 saturated carbocycles. The van der Waals surface area contributed by atoms with Crippen molar-refractivity contribution in [2.45, 2.75) is 24.7 Å². The molecule has 3 aromatic heterocycles. The lowest BCUT2D eigenvalue weighted by Gasteiger charge is -2.39. The Labute approximate surface area is 345 Å². The van der Waals surface area contributed by atoms with Gasteiger partial charge in [0.15, 0.2) is 5.69 Å². The van der Waals surface area contributed by atoms with Gasteiger partial charge in [-0.3, -0.25) is 4.79 Å². The number of rotatable bonds is 10. The van der Waals surface area contributed by atoms with E-state index in [1.54, 1.807) is 71.8 Å². The number of likely N-dealkylation sites (tertiary alicyclic amines) is 2. The minimum absolute atomic E-state index is 0.0923. The minimum Gasteiger partial charge on any atom is -0.432 e. The fraction of sp³-hybridized carbons (Fsp3) is 0.190. The Kier molecular flexibility index (Phi) is 12.4. The third-order valence-electron chi connectivity index (χ3n) is 9.42. The van der Waals surface area contributed by atoms with Crippen LogP contribution in [0.2, 0.25) is 0 Å². The van der Waals surface area contributed by atoms with Crippen molar-refractivity contribution in [2.24, 2.45) is 0 Å². The Bertz CT molecular complexity index is 2480. The normalized spacial score (nSPS) is 13.9. The molecule has 0 radical (unpaired) electrons. The molecule has 0 aliphatic carbocycles. The van der Waals surface area contributed by atoms with Gasteiger partial charge < -0.3 is 41.2 Å². The lowest BCUT2D eigenvalue weighted by atomic mass is 10.1. The highest BCUT2D eigenvalue weighted by Crippen LogP contribution is 2.35. The molecule has 61 heavy (non-hydrogen) atoms. The topological polar surface area (TPSA) is 184 Å². The number of oxazole rings is 1. The number of nitrogen functional groups attached to an aromatic ring is 1. The molecule has 2 fully saturated rings. The SMILES string of the molecule is Nc1ccc(NC2CN(C(=O)Nc3ccccc3F)C2)nc1.O=C(Cc1ccc(NC2CN(C(=O)Nc3ccccc3F)C2)nc1)c1oc(-c2ccccc2)nc1C(F)(F)F. The number of benzene rings is 3. The molecule has 0 spiro atoms. The number of carbonyl (C=O) groups excluding carboxylic acids is 3. The molecule has 4 amide bonds. The number of nitrogens with one attached hydrogen (secondary N) is 4. The molecule has 5 heterocycles. The Balaban J connectivity index is 0.000000215. The smallest absolute Gasteiger partial charge is 0.432 e.